The number of rotatable bonds is 7. The zero-order valence-corrected chi connectivity index (χ0v) is 20.4. The number of carbonyl (C=O) groups excluding carboxylic acids is 3. The van der Waals surface area contributed by atoms with Gasteiger partial charge in [0.05, 0.1) is 4.24 Å². The standard InChI is InChI=1S/C16H17N7O7S4/c1-22-16(19-20-21-22)32-3-4-2-31-11-6(10(26)23(11)7(4)13(29)30)18-9(25)15-33-14(34-15)5(8(17)24)12(27)28/h6,11,15,20-21H,2-3H2,1H3,(H2,17,24)(H,18,25)(H,27,28)(H,29,30). The number of hydrazine groups is 2. The van der Waals surface area contributed by atoms with Crippen molar-refractivity contribution < 1.29 is 34.2 Å². The van der Waals surface area contributed by atoms with Gasteiger partial charge in [0.2, 0.25) is 5.91 Å². The molecule has 0 spiro atoms. The average molecular weight is 548 g/mol. The van der Waals surface area contributed by atoms with Crippen molar-refractivity contribution in [2.75, 3.05) is 18.6 Å². The van der Waals surface area contributed by atoms with Crippen LogP contribution in [0.3, 0.4) is 0 Å². The summed E-state index contributed by atoms with van der Waals surface area (Å²) in [6.45, 7) is 0. The second-order valence-electron chi connectivity index (χ2n) is 7.02. The summed E-state index contributed by atoms with van der Waals surface area (Å²) in [5.41, 5.74) is 10.3. The van der Waals surface area contributed by atoms with Crippen LogP contribution in [0, 0.1) is 0 Å². The number of nitrogens with two attached hydrogens (primary N) is 1. The van der Waals surface area contributed by atoms with E-state index in [2.05, 4.69) is 21.5 Å². The lowest BCUT2D eigenvalue weighted by Crippen LogP contribution is -2.71. The minimum absolute atomic E-state index is 0.0981. The number of thioether (sulfide) groups is 4. The molecular weight excluding hydrogens is 530 g/mol. The predicted octanol–water partition coefficient (Wildman–Crippen LogP) is -1.73. The van der Waals surface area contributed by atoms with Crippen molar-refractivity contribution in [2.24, 2.45) is 10.8 Å². The molecule has 3 amide bonds. The van der Waals surface area contributed by atoms with E-state index in [-0.39, 0.29) is 9.93 Å². The van der Waals surface area contributed by atoms with Gasteiger partial charge in [-0.05, 0) is 5.57 Å². The molecule has 2 atom stereocenters. The van der Waals surface area contributed by atoms with E-state index < -0.39 is 51.2 Å². The number of carboxylic acid groups (broad SMARTS) is 2. The molecule has 0 aromatic carbocycles. The lowest BCUT2D eigenvalue weighted by Gasteiger charge is -2.49. The quantitative estimate of drug-likeness (QED) is 0.0907. The van der Waals surface area contributed by atoms with Gasteiger partial charge < -0.3 is 21.3 Å². The van der Waals surface area contributed by atoms with Gasteiger partial charge in [-0.1, -0.05) is 35.3 Å². The third-order valence-electron chi connectivity index (χ3n) is 4.89. The Labute approximate surface area is 208 Å². The molecule has 4 heterocycles. The zero-order valence-electron chi connectivity index (χ0n) is 17.1. The molecule has 4 rings (SSSR count). The molecule has 34 heavy (non-hydrogen) atoms. The molecule has 0 radical (unpaired) electrons. The van der Waals surface area contributed by atoms with Crippen LogP contribution in [0.4, 0.5) is 0 Å². The molecule has 182 valence electrons. The van der Waals surface area contributed by atoms with E-state index in [0.717, 1.165) is 23.5 Å². The summed E-state index contributed by atoms with van der Waals surface area (Å²) >= 11 is 4.37. The fraction of sp³-hybridized carbons (Fsp3) is 0.375. The highest BCUT2D eigenvalue weighted by Gasteiger charge is 2.55. The number of carboxylic acids is 2. The normalized spacial score (nSPS) is 25.6. The van der Waals surface area contributed by atoms with E-state index in [0.29, 0.717) is 22.2 Å². The molecule has 0 aromatic heterocycles. The van der Waals surface area contributed by atoms with Crippen LogP contribution in [-0.4, -0.2) is 89.5 Å². The largest absolute Gasteiger partial charge is 0.477 e. The Kier molecular flexibility index (Phi) is 6.94. The highest BCUT2D eigenvalue weighted by Crippen LogP contribution is 2.53. The zero-order chi connectivity index (χ0) is 24.7. The fourth-order valence-corrected chi connectivity index (χ4v) is 7.89. The SMILES string of the molecule is CN1NNN=C1SCC1=C(C(=O)O)N2C(=O)C(NC(=O)C3SC(=C(C(N)=O)C(=O)O)S3)C2SC1. The summed E-state index contributed by atoms with van der Waals surface area (Å²) in [6.07, 6.45) is 0. The number of β-lactam (4-membered cyclic amide) rings is 1. The smallest absolute Gasteiger partial charge is 0.352 e. The van der Waals surface area contributed by atoms with E-state index in [1.54, 1.807) is 12.1 Å². The van der Waals surface area contributed by atoms with Crippen LogP contribution in [0.15, 0.2) is 26.2 Å². The van der Waals surface area contributed by atoms with Crippen LogP contribution in [0.5, 0.6) is 0 Å². The van der Waals surface area contributed by atoms with Crippen LogP contribution < -0.4 is 22.1 Å². The number of carbonyl (C=O) groups is 5. The molecular formula is C16H17N7O7S4. The Morgan fingerprint density at radius 2 is 2.00 bits per heavy atom. The fourth-order valence-electron chi connectivity index (χ4n) is 3.29. The first-order valence-corrected chi connectivity index (χ1v) is 13.2. The number of amides is 3. The van der Waals surface area contributed by atoms with E-state index in [1.807, 2.05) is 0 Å². The van der Waals surface area contributed by atoms with Crippen LogP contribution in [0.1, 0.15) is 0 Å². The van der Waals surface area contributed by atoms with Crippen molar-refractivity contribution in [2.45, 2.75) is 16.0 Å². The van der Waals surface area contributed by atoms with Crippen molar-refractivity contribution in [3.05, 3.63) is 21.1 Å². The first-order chi connectivity index (χ1) is 16.1. The van der Waals surface area contributed by atoms with E-state index in [1.165, 1.54) is 28.4 Å². The number of nitrogens with one attached hydrogen (secondary N) is 3. The maximum absolute atomic E-state index is 12.8. The third-order valence-corrected chi connectivity index (χ3v) is 10.2. The molecule has 0 saturated carbocycles. The second kappa shape index (κ2) is 9.61. The Morgan fingerprint density at radius 1 is 1.29 bits per heavy atom. The van der Waals surface area contributed by atoms with E-state index in [4.69, 9.17) is 10.8 Å². The summed E-state index contributed by atoms with van der Waals surface area (Å²) < 4.78 is -0.637. The predicted molar refractivity (Wildman–Crippen MR) is 126 cm³/mol. The number of primary amides is 1. The highest BCUT2D eigenvalue weighted by atomic mass is 32.3. The summed E-state index contributed by atoms with van der Waals surface area (Å²) in [7, 11) is 1.74. The van der Waals surface area contributed by atoms with E-state index in [9.17, 15) is 29.1 Å². The van der Waals surface area contributed by atoms with Gasteiger partial charge in [-0.15, -0.1) is 22.4 Å². The number of nitrogens with zero attached hydrogens (tertiary/aromatic N) is 3. The molecule has 2 saturated heterocycles. The average Bonchev–Trinajstić information content (AvgIpc) is 3.15. The number of amidine groups is 1. The number of hydrazone groups is 1. The Morgan fingerprint density at radius 3 is 2.56 bits per heavy atom. The molecule has 0 bridgehead atoms. The van der Waals surface area contributed by atoms with Gasteiger partial charge in [-0.3, -0.25) is 24.3 Å². The lowest BCUT2D eigenvalue weighted by atomic mass is 10.0. The van der Waals surface area contributed by atoms with Gasteiger partial charge >= 0.3 is 11.9 Å². The molecule has 0 aliphatic carbocycles. The van der Waals surface area contributed by atoms with Gasteiger partial charge in [0, 0.05) is 18.6 Å². The highest BCUT2D eigenvalue weighted by molar-refractivity contribution is 8.39. The Bertz CT molecular complexity index is 1070. The van der Waals surface area contributed by atoms with Crippen molar-refractivity contribution >= 4 is 81.9 Å². The Balaban J connectivity index is 1.39. The van der Waals surface area contributed by atoms with Crippen LogP contribution in [-0.2, 0) is 24.0 Å². The molecule has 2 unspecified atom stereocenters. The molecule has 7 N–H and O–H groups in total. The monoisotopic (exact) mass is 547 g/mol. The molecule has 2 fully saturated rings. The van der Waals surface area contributed by atoms with Gasteiger partial charge in [0.25, 0.3) is 11.8 Å². The maximum atomic E-state index is 12.8. The topological polar surface area (TPSA) is 207 Å². The molecule has 4 aliphatic heterocycles. The summed E-state index contributed by atoms with van der Waals surface area (Å²) in [5.74, 6) is -4.23. The number of aliphatic carboxylic acids is 2. The van der Waals surface area contributed by atoms with Crippen molar-refractivity contribution in [3.8, 4) is 0 Å². The first-order valence-electron chi connectivity index (χ1n) is 9.36. The minimum atomic E-state index is -1.48. The third kappa shape index (κ3) is 4.42. The summed E-state index contributed by atoms with van der Waals surface area (Å²) in [6, 6.07) is -0.913. The van der Waals surface area contributed by atoms with Crippen molar-refractivity contribution in [1.82, 2.24) is 26.3 Å². The first kappa shape index (κ1) is 24.6. The van der Waals surface area contributed by atoms with Gasteiger partial charge in [0.1, 0.15) is 27.3 Å². The maximum Gasteiger partial charge on any atom is 0.352 e. The molecule has 0 aromatic rings. The number of hydrogen-bond acceptors (Lipinski definition) is 13. The van der Waals surface area contributed by atoms with Crippen LogP contribution in [0.25, 0.3) is 0 Å². The van der Waals surface area contributed by atoms with Crippen LogP contribution >= 0.6 is 47.0 Å². The van der Waals surface area contributed by atoms with Crippen LogP contribution in [0.2, 0.25) is 0 Å². The summed E-state index contributed by atoms with van der Waals surface area (Å²) in [4.78, 5) is 60.8. The van der Waals surface area contributed by atoms with Gasteiger partial charge in [-0.25, -0.2) is 15.1 Å². The number of hydrogen-bond donors (Lipinski definition) is 6. The van der Waals surface area contributed by atoms with Gasteiger partial charge in [0.15, 0.2) is 5.17 Å². The molecule has 18 heteroatoms. The molecule has 14 nitrogen and oxygen atoms in total. The van der Waals surface area contributed by atoms with Gasteiger partial charge in [-0.2, -0.15) is 0 Å². The van der Waals surface area contributed by atoms with Crippen molar-refractivity contribution in [3.63, 3.8) is 0 Å². The van der Waals surface area contributed by atoms with Crippen molar-refractivity contribution in [1.29, 1.82) is 0 Å². The summed E-state index contributed by atoms with van der Waals surface area (Å²) in [5, 5.41) is 27.1. The Hall–Kier alpha value is -2.54. The number of fused-ring (bicyclic) bond motifs is 1. The molecule has 4 aliphatic rings. The second-order valence-corrected chi connectivity index (χ2v) is 11.9. The van der Waals surface area contributed by atoms with E-state index >= 15 is 0 Å². The minimum Gasteiger partial charge on any atom is -0.477 e. The lowest BCUT2D eigenvalue weighted by molar-refractivity contribution is -0.150.